The van der Waals surface area contributed by atoms with Crippen molar-refractivity contribution in [3.8, 4) is 0 Å². The van der Waals surface area contributed by atoms with Crippen LogP contribution in [0.1, 0.15) is 51.0 Å². The second-order valence-electron chi connectivity index (χ2n) is 7.51. The topological polar surface area (TPSA) is 66.0 Å². The molecule has 0 bridgehead atoms. The summed E-state index contributed by atoms with van der Waals surface area (Å²) in [5.74, 6) is -0.280. The Labute approximate surface area is 197 Å². The molecule has 0 aromatic heterocycles. The third-order valence-corrected chi connectivity index (χ3v) is 7.67. The van der Waals surface area contributed by atoms with Crippen molar-refractivity contribution in [1.82, 2.24) is 5.32 Å². The number of amides is 1. The summed E-state index contributed by atoms with van der Waals surface area (Å²) in [4.78, 5) is 13.6. The second kappa shape index (κ2) is 12.1. The number of carbonyl (C=O) groups is 1. The van der Waals surface area contributed by atoms with E-state index in [9.17, 15) is 4.79 Å². The molecular formula is C26H33NO5Si. The van der Waals surface area contributed by atoms with Gasteiger partial charge in [0.05, 0.1) is 6.04 Å². The van der Waals surface area contributed by atoms with E-state index in [1.54, 1.807) is 0 Å². The summed E-state index contributed by atoms with van der Waals surface area (Å²) < 4.78 is 23.8. The van der Waals surface area contributed by atoms with Gasteiger partial charge in [0.15, 0.2) is 6.10 Å². The lowest BCUT2D eigenvalue weighted by atomic mass is 9.99. The lowest BCUT2D eigenvalue weighted by Crippen LogP contribution is -2.52. The van der Waals surface area contributed by atoms with E-state index in [2.05, 4.69) is 23.5 Å². The monoisotopic (exact) mass is 467 g/mol. The van der Waals surface area contributed by atoms with E-state index in [0.717, 1.165) is 16.3 Å². The molecular weight excluding hydrogens is 434 g/mol. The van der Waals surface area contributed by atoms with Gasteiger partial charge in [-0.25, -0.2) is 0 Å². The number of hydrogen-bond donors (Lipinski definition) is 1. The molecule has 1 amide bonds. The molecule has 2 atom stereocenters. The maximum absolute atomic E-state index is 13.6. The quantitative estimate of drug-likeness (QED) is 0.365. The number of nitrogens with one attached hydrogen (secondary N) is 1. The maximum Gasteiger partial charge on any atom is 0.680 e. The van der Waals surface area contributed by atoms with Crippen LogP contribution in [-0.4, -0.2) is 34.8 Å². The van der Waals surface area contributed by atoms with Crippen molar-refractivity contribution in [3.05, 3.63) is 83.9 Å². The van der Waals surface area contributed by atoms with Crippen molar-refractivity contribution < 1.29 is 22.5 Å². The molecule has 6 nitrogen and oxygen atoms in total. The molecule has 0 spiro atoms. The Morgan fingerprint density at radius 3 is 2.03 bits per heavy atom. The summed E-state index contributed by atoms with van der Waals surface area (Å²) in [6.07, 6.45) is -0.944. The molecule has 0 aliphatic heterocycles. The number of carbonyl (C=O) groups excluding carboxylic acids is 1. The first-order valence-electron chi connectivity index (χ1n) is 11.5. The highest BCUT2D eigenvalue weighted by Crippen LogP contribution is 2.28. The van der Waals surface area contributed by atoms with E-state index in [0.29, 0.717) is 25.4 Å². The van der Waals surface area contributed by atoms with Crippen molar-refractivity contribution in [3.63, 3.8) is 0 Å². The smallest absolute Gasteiger partial charge is 0.351 e. The van der Waals surface area contributed by atoms with Crippen molar-refractivity contribution in [2.75, 3.05) is 19.8 Å². The Morgan fingerprint density at radius 1 is 0.818 bits per heavy atom. The molecule has 3 aromatic carbocycles. The van der Waals surface area contributed by atoms with Crippen molar-refractivity contribution in [2.24, 2.45) is 0 Å². The Bertz CT molecular complexity index is 1010. The van der Waals surface area contributed by atoms with E-state index in [1.165, 1.54) is 0 Å². The lowest BCUT2D eigenvalue weighted by Gasteiger charge is -2.31. The third kappa shape index (κ3) is 6.28. The normalized spacial score (nSPS) is 13.6. The van der Waals surface area contributed by atoms with Crippen molar-refractivity contribution in [2.45, 2.75) is 39.8 Å². The molecule has 0 saturated carbocycles. The summed E-state index contributed by atoms with van der Waals surface area (Å²) in [6.45, 7) is 8.57. The zero-order chi connectivity index (χ0) is 23.7. The van der Waals surface area contributed by atoms with Gasteiger partial charge in [0.1, 0.15) is 0 Å². The zero-order valence-electron chi connectivity index (χ0n) is 19.7. The van der Waals surface area contributed by atoms with Gasteiger partial charge < -0.3 is 23.0 Å². The number of fused-ring (bicyclic) bond motifs is 1. The highest BCUT2D eigenvalue weighted by molar-refractivity contribution is 6.53. The highest BCUT2D eigenvalue weighted by Gasteiger charge is 2.49. The predicted octanol–water partition coefficient (Wildman–Crippen LogP) is 5.32. The van der Waals surface area contributed by atoms with Gasteiger partial charge in [-0.2, -0.15) is 0 Å². The van der Waals surface area contributed by atoms with E-state index in [4.69, 9.17) is 17.7 Å². The molecule has 0 aliphatic carbocycles. The minimum absolute atomic E-state index is 0.235. The van der Waals surface area contributed by atoms with Gasteiger partial charge in [0.2, 0.25) is 0 Å². The molecule has 33 heavy (non-hydrogen) atoms. The van der Waals surface area contributed by atoms with Crippen molar-refractivity contribution in [1.29, 1.82) is 0 Å². The summed E-state index contributed by atoms with van der Waals surface area (Å²) in [6, 6.07) is 23.4. The first kappa shape index (κ1) is 25.1. The largest absolute Gasteiger partial charge is 0.680 e. The van der Waals surface area contributed by atoms with Gasteiger partial charge in [0, 0.05) is 19.8 Å². The van der Waals surface area contributed by atoms with E-state index in [-0.39, 0.29) is 11.9 Å². The fourth-order valence-corrected chi connectivity index (χ4v) is 5.84. The van der Waals surface area contributed by atoms with Gasteiger partial charge in [-0.05, 0) is 49.6 Å². The molecule has 2 unspecified atom stereocenters. The fraction of sp³-hybridized carbons (Fsp3) is 0.346. The summed E-state index contributed by atoms with van der Waals surface area (Å²) in [5, 5.41) is 5.36. The Balaban J connectivity index is 1.91. The fourth-order valence-electron chi connectivity index (χ4n) is 3.80. The average molecular weight is 468 g/mol. The maximum atomic E-state index is 13.6. The van der Waals surface area contributed by atoms with Crippen LogP contribution >= 0.6 is 0 Å². The van der Waals surface area contributed by atoms with E-state index < -0.39 is 15.2 Å². The van der Waals surface area contributed by atoms with Crippen LogP contribution in [0, 0.1) is 0 Å². The third-order valence-electron chi connectivity index (χ3n) is 5.21. The van der Waals surface area contributed by atoms with E-state index in [1.807, 2.05) is 82.3 Å². The Morgan fingerprint density at radius 2 is 1.39 bits per heavy atom. The van der Waals surface area contributed by atoms with Crippen LogP contribution in [-0.2, 0) is 22.5 Å². The number of hydrogen-bond acceptors (Lipinski definition) is 5. The Hall–Kier alpha value is -2.55. The number of benzene rings is 3. The minimum atomic E-state index is -3.54. The van der Waals surface area contributed by atoms with Crippen LogP contribution < -0.4 is 5.32 Å². The van der Waals surface area contributed by atoms with Gasteiger partial charge in [-0.15, -0.1) is 0 Å². The van der Waals surface area contributed by atoms with Gasteiger partial charge in [-0.3, -0.25) is 4.79 Å². The zero-order valence-corrected chi connectivity index (χ0v) is 20.7. The van der Waals surface area contributed by atoms with Crippen LogP contribution in [0.25, 0.3) is 10.8 Å². The average Bonchev–Trinajstić information content (AvgIpc) is 2.83. The van der Waals surface area contributed by atoms with Gasteiger partial charge >= 0.3 is 9.05 Å². The van der Waals surface area contributed by atoms with Crippen LogP contribution in [0.2, 0.25) is 0 Å². The predicted molar refractivity (Wildman–Crippen MR) is 131 cm³/mol. The first-order chi connectivity index (χ1) is 16.0. The molecule has 3 rings (SSSR count). The molecule has 0 radical (unpaired) electrons. The SMILES string of the molecule is CCO[Si](OCC)(OCC)OC(C(=O)NC(C)c1cccc2ccccc12)c1ccccc1. The summed E-state index contributed by atoms with van der Waals surface area (Å²) >= 11 is 0. The summed E-state index contributed by atoms with van der Waals surface area (Å²) in [7, 11) is -3.54. The van der Waals surface area contributed by atoms with Gasteiger partial charge in [0.25, 0.3) is 5.91 Å². The second-order valence-corrected chi connectivity index (χ2v) is 9.61. The molecule has 0 saturated heterocycles. The minimum Gasteiger partial charge on any atom is -0.351 e. The summed E-state index contributed by atoms with van der Waals surface area (Å²) in [5.41, 5.74) is 1.74. The molecule has 0 heterocycles. The highest BCUT2D eigenvalue weighted by atomic mass is 28.4. The standard InChI is InChI=1S/C26H33NO5Si/c1-5-29-33(30-6-2,31-7-3)32-25(22-15-9-8-10-16-22)26(28)27-20(4)23-19-13-17-21-14-11-12-18-24(21)23/h8-20,25H,5-7H2,1-4H3,(H,27,28). The van der Waals surface area contributed by atoms with Crippen molar-refractivity contribution >= 4 is 25.7 Å². The molecule has 176 valence electrons. The number of rotatable bonds is 12. The van der Waals surface area contributed by atoms with Gasteiger partial charge in [-0.1, -0.05) is 72.8 Å². The molecule has 0 fully saturated rings. The lowest BCUT2D eigenvalue weighted by molar-refractivity contribution is -0.135. The molecule has 0 aliphatic rings. The van der Waals surface area contributed by atoms with Crippen LogP contribution in [0.5, 0.6) is 0 Å². The molecule has 7 heteroatoms. The first-order valence-corrected chi connectivity index (χ1v) is 13.1. The van der Waals surface area contributed by atoms with Crippen LogP contribution in [0.15, 0.2) is 72.8 Å². The molecule has 3 aromatic rings. The Kier molecular flexibility index (Phi) is 9.17. The van der Waals surface area contributed by atoms with Crippen LogP contribution in [0.4, 0.5) is 0 Å². The van der Waals surface area contributed by atoms with E-state index >= 15 is 0 Å². The van der Waals surface area contributed by atoms with Crippen LogP contribution in [0.3, 0.4) is 0 Å². The molecule has 1 N–H and O–H groups in total.